The van der Waals surface area contributed by atoms with Crippen LogP contribution >= 0.6 is 12.4 Å². The van der Waals surface area contributed by atoms with Gasteiger partial charge in [0.2, 0.25) is 11.8 Å². The zero-order valence-electron chi connectivity index (χ0n) is 13.0. The molecule has 0 aromatic carbocycles. The molecule has 2 rings (SSSR count). The van der Waals surface area contributed by atoms with Crippen molar-refractivity contribution < 1.29 is 9.59 Å². The molecule has 0 saturated carbocycles. The predicted molar refractivity (Wildman–Crippen MR) is 85.5 cm³/mol. The lowest BCUT2D eigenvalue weighted by atomic mass is 9.81. The number of carbonyl (C=O) groups is 2. The Balaban J connectivity index is 0.00000220. The topological polar surface area (TPSA) is 61.4 Å². The van der Waals surface area contributed by atoms with Crippen LogP contribution in [-0.4, -0.2) is 49.4 Å². The number of rotatable bonds is 4. The molecule has 2 amide bonds. The third-order valence-electron chi connectivity index (χ3n) is 4.53. The van der Waals surface area contributed by atoms with Crippen molar-refractivity contribution in [3.05, 3.63) is 0 Å². The van der Waals surface area contributed by atoms with Crippen LogP contribution < -0.4 is 10.6 Å². The van der Waals surface area contributed by atoms with Gasteiger partial charge in [0, 0.05) is 19.5 Å². The van der Waals surface area contributed by atoms with Gasteiger partial charge in [-0.05, 0) is 44.2 Å². The number of amides is 2. The molecule has 21 heavy (non-hydrogen) atoms. The van der Waals surface area contributed by atoms with Gasteiger partial charge in [0.05, 0.1) is 6.54 Å². The number of halogens is 1. The lowest BCUT2D eigenvalue weighted by Gasteiger charge is -2.34. The molecule has 0 radical (unpaired) electrons. The second-order valence-corrected chi connectivity index (χ2v) is 6.46. The van der Waals surface area contributed by atoms with Crippen LogP contribution in [0.4, 0.5) is 0 Å². The smallest absolute Gasteiger partial charge is 0.239 e. The molecule has 2 fully saturated rings. The van der Waals surface area contributed by atoms with Crippen LogP contribution in [-0.2, 0) is 9.59 Å². The minimum absolute atomic E-state index is 0. The first kappa shape index (κ1) is 18.2. The molecule has 122 valence electrons. The highest BCUT2D eigenvalue weighted by atomic mass is 35.5. The summed E-state index contributed by atoms with van der Waals surface area (Å²) in [7, 11) is 0. The molecule has 0 aromatic heterocycles. The number of nitrogens with one attached hydrogen (secondary N) is 2. The zero-order chi connectivity index (χ0) is 14.4. The summed E-state index contributed by atoms with van der Waals surface area (Å²) in [6.07, 6.45) is 5.85. The van der Waals surface area contributed by atoms with Crippen molar-refractivity contribution >= 4 is 24.2 Å². The fraction of sp³-hybridized carbons (Fsp3) is 0.867. The molecule has 2 aliphatic heterocycles. The highest BCUT2D eigenvalue weighted by Crippen LogP contribution is 2.26. The maximum atomic E-state index is 12.0. The number of hydrogen-bond donors (Lipinski definition) is 2. The second kappa shape index (κ2) is 8.59. The molecule has 2 N–H and O–H groups in total. The van der Waals surface area contributed by atoms with E-state index in [-0.39, 0.29) is 36.2 Å². The third-order valence-corrected chi connectivity index (χ3v) is 4.53. The van der Waals surface area contributed by atoms with Gasteiger partial charge >= 0.3 is 0 Å². The quantitative estimate of drug-likeness (QED) is 0.822. The molecule has 0 unspecified atom stereocenters. The van der Waals surface area contributed by atoms with Crippen LogP contribution in [0.15, 0.2) is 0 Å². The Morgan fingerprint density at radius 2 is 2.00 bits per heavy atom. The minimum Gasteiger partial charge on any atom is -0.354 e. The first-order valence-electron chi connectivity index (χ1n) is 7.84. The Hall–Kier alpha value is -0.810. The molecular weight excluding hydrogens is 290 g/mol. The monoisotopic (exact) mass is 317 g/mol. The van der Waals surface area contributed by atoms with Gasteiger partial charge in [0.25, 0.3) is 0 Å². The van der Waals surface area contributed by atoms with E-state index in [1.807, 2.05) is 0 Å². The number of piperidine rings is 1. The van der Waals surface area contributed by atoms with Gasteiger partial charge in [0.1, 0.15) is 0 Å². The van der Waals surface area contributed by atoms with Crippen LogP contribution in [0.25, 0.3) is 0 Å². The third kappa shape index (κ3) is 5.83. The van der Waals surface area contributed by atoms with Gasteiger partial charge in [-0.25, -0.2) is 0 Å². The molecule has 5 nitrogen and oxygen atoms in total. The van der Waals surface area contributed by atoms with Crippen molar-refractivity contribution in [2.45, 2.75) is 45.4 Å². The fourth-order valence-electron chi connectivity index (χ4n) is 2.95. The van der Waals surface area contributed by atoms with E-state index in [2.05, 4.69) is 17.6 Å². The summed E-state index contributed by atoms with van der Waals surface area (Å²) < 4.78 is 0. The Morgan fingerprint density at radius 1 is 1.29 bits per heavy atom. The van der Waals surface area contributed by atoms with Gasteiger partial charge in [0.15, 0.2) is 0 Å². The molecular formula is C15H28ClN3O2. The van der Waals surface area contributed by atoms with Crippen LogP contribution in [0.5, 0.6) is 0 Å². The largest absolute Gasteiger partial charge is 0.354 e. The lowest BCUT2D eigenvalue weighted by molar-refractivity contribution is -0.135. The Kier molecular flexibility index (Phi) is 7.46. The van der Waals surface area contributed by atoms with Gasteiger partial charge in [-0.2, -0.15) is 0 Å². The molecule has 2 saturated heterocycles. The summed E-state index contributed by atoms with van der Waals surface area (Å²) in [5.74, 6) is 0.116. The number of likely N-dealkylation sites (tertiary alicyclic amines) is 1. The van der Waals surface area contributed by atoms with Crippen molar-refractivity contribution in [1.82, 2.24) is 15.5 Å². The highest BCUT2D eigenvalue weighted by molar-refractivity contribution is 5.85. The molecule has 2 heterocycles. The SMILES string of the molecule is CC1(CNC(=O)CN2CCCCCC2=O)CCNCC1.Cl. The van der Waals surface area contributed by atoms with Gasteiger partial charge in [-0.1, -0.05) is 13.3 Å². The van der Waals surface area contributed by atoms with E-state index < -0.39 is 0 Å². The lowest BCUT2D eigenvalue weighted by Crippen LogP contribution is -2.46. The maximum absolute atomic E-state index is 12.0. The van der Waals surface area contributed by atoms with Crippen molar-refractivity contribution in [2.24, 2.45) is 5.41 Å². The Morgan fingerprint density at radius 3 is 2.71 bits per heavy atom. The van der Waals surface area contributed by atoms with Gasteiger partial charge in [-0.15, -0.1) is 12.4 Å². The zero-order valence-corrected chi connectivity index (χ0v) is 13.8. The minimum atomic E-state index is -0.0139. The van der Waals surface area contributed by atoms with Crippen molar-refractivity contribution in [3.8, 4) is 0 Å². The van der Waals surface area contributed by atoms with E-state index in [1.54, 1.807) is 4.90 Å². The summed E-state index contributed by atoms with van der Waals surface area (Å²) in [6.45, 7) is 5.95. The normalized spacial score (nSPS) is 22.1. The summed E-state index contributed by atoms with van der Waals surface area (Å²) in [4.78, 5) is 25.6. The van der Waals surface area contributed by atoms with Crippen LogP contribution in [0.1, 0.15) is 45.4 Å². The Bertz CT molecular complexity index is 357. The number of hydrogen-bond acceptors (Lipinski definition) is 3. The van der Waals surface area contributed by atoms with E-state index in [1.165, 1.54) is 0 Å². The van der Waals surface area contributed by atoms with Crippen LogP contribution in [0.2, 0.25) is 0 Å². The van der Waals surface area contributed by atoms with E-state index in [9.17, 15) is 9.59 Å². The summed E-state index contributed by atoms with van der Waals surface area (Å²) in [5, 5.41) is 6.36. The summed E-state index contributed by atoms with van der Waals surface area (Å²) in [5.41, 5.74) is 0.198. The molecule has 0 aromatic rings. The molecule has 0 bridgehead atoms. The number of nitrogens with zero attached hydrogens (tertiary/aromatic N) is 1. The molecule has 0 atom stereocenters. The molecule has 6 heteroatoms. The van der Waals surface area contributed by atoms with Crippen molar-refractivity contribution in [1.29, 1.82) is 0 Å². The predicted octanol–water partition coefficient (Wildman–Crippen LogP) is 1.32. The van der Waals surface area contributed by atoms with Crippen LogP contribution in [0.3, 0.4) is 0 Å². The average Bonchev–Trinajstić information content (AvgIpc) is 2.63. The van der Waals surface area contributed by atoms with Gasteiger partial charge < -0.3 is 15.5 Å². The average molecular weight is 318 g/mol. The van der Waals surface area contributed by atoms with Crippen molar-refractivity contribution in [3.63, 3.8) is 0 Å². The molecule has 2 aliphatic rings. The fourth-order valence-corrected chi connectivity index (χ4v) is 2.95. The van der Waals surface area contributed by atoms with E-state index >= 15 is 0 Å². The summed E-state index contributed by atoms with van der Waals surface area (Å²) >= 11 is 0. The second-order valence-electron chi connectivity index (χ2n) is 6.46. The summed E-state index contributed by atoms with van der Waals surface area (Å²) in [6, 6.07) is 0. The van der Waals surface area contributed by atoms with Crippen molar-refractivity contribution in [2.75, 3.05) is 32.7 Å². The van der Waals surface area contributed by atoms with Gasteiger partial charge in [-0.3, -0.25) is 9.59 Å². The first-order chi connectivity index (χ1) is 9.59. The standard InChI is InChI=1S/C15H27N3O2.ClH/c1-15(6-8-16-9-7-15)12-17-13(19)11-18-10-4-2-3-5-14(18)20;/h16H,2-12H2,1H3,(H,17,19);1H. The Labute approximate surface area is 133 Å². The first-order valence-corrected chi connectivity index (χ1v) is 7.84. The maximum Gasteiger partial charge on any atom is 0.239 e. The van der Waals surface area contributed by atoms with E-state index in [4.69, 9.17) is 0 Å². The highest BCUT2D eigenvalue weighted by Gasteiger charge is 2.27. The molecule has 0 spiro atoms. The van der Waals surface area contributed by atoms with E-state index in [0.717, 1.165) is 58.3 Å². The molecule has 0 aliphatic carbocycles. The van der Waals surface area contributed by atoms with E-state index in [0.29, 0.717) is 6.42 Å². The number of carbonyl (C=O) groups excluding carboxylic acids is 2. The van der Waals surface area contributed by atoms with Crippen LogP contribution in [0, 0.1) is 5.41 Å².